The van der Waals surface area contributed by atoms with Gasteiger partial charge in [-0.15, -0.1) is 10.2 Å². The van der Waals surface area contributed by atoms with Crippen molar-refractivity contribution in [2.45, 2.75) is 13.0 Å². The van der Waals surface area contributed by atoms with Crippen molar-refractivity contribution in [3.63, 3.8) is 0 Å². The van der Waals surface area contributed by atoms with Crippen molar-refractivity contribution in [2.24, 2.45) is 0 Å². The second kappa shape index (κ2) is 5.80. The Kier molecular flexibility index (Phi) is 3.91. The zero-order valence-electron chi connectivity index (χ0n) is 10.3. The number of nitrogen functional groups attached to an aromatic ring is 1. The lowest BCUT2D eigenvalue weighted by Gasteiger charge is -2.10. The number of aromatic amines is 1. The van der Waals surface area contributed by atoms with E-state index in [0.717, 1.165) is 0 Å². The molecule has 0 aliphatic heterocycles. The first kappa shape index (κ1) is 12.8. The van der Waals surface area contributed by atoms with E-state index in [2.05, 4.69) is 25.9 Å². The number of nitrogens with two attached hydrogens (primary N) is 1. The fourth-order valence-electron chi connectivity index (χ4n) is 1.41. The number of hydrogen-bond acceptors (Lipinski definition) is 6. The Balaban J connectivity index is 1.80. The number of tetrazole rings is 1. The lowest BCUT2D eigenvalue weighted by molar-refractivity contribution is -0.123. The van der Waals surface area contributed by atoms with Crippen molar-refractivity contribution in [2.75, 3.05) is 12.3 Å². The Morgan fingerprint density at radius 3 is 2.84 bits per heavy atom. The molecule has 1 heterocycles. The van der Waals surface area contributed by atoms with Gasteiger partial charge in [-0.1, -0.05) is 5.21 Å². The molecular formula is C11H14N6O2. The van der Waals surface area contributed by atoms with Crippen LogP contribution in [-0.2, 0) is 4.79 Å². The maximum absolute atomic E-state index is 11.6. The molecule has 0 radical (unpaired) electrons. The number of hydrogen-bond donors (Lipinski definition) is 3. The SMILES string of the molecule is CC(NC(=O)COc1ccc(N)cc1)c1nn[nH]n1. The fourth-order valence-corrected chi connectivity index (χ4v) is 1.41. The molecule has 1 unspecified atom stereocenters. The number of carbonyl (C=O) groups is 1. The van der Waals surface area contributed by atoms with E-state index in [-0.39, 0.29) is 18.6 Å². The van der Waals surface area contributed by atoms with Gasteiger partial charge in [0.05, 0.1) is 6.04 Å². The van der Waals surface area contributed by atoms with Crippen LogP contribution in [0.5, 0.6) is 5.75 Å². The van der Waals surface area contributed by atoms with Crippen molar-refractivity contribution in [3.8, 4) is 5.75 Å². The summed E-state index contributed by atoms with van der Waals surface area (Å²) < 4.78 is 5.31. The molecule has 8 heteroatoms. The number of amides is 1. The van der Waals surface area contributed by atoms with Crippen LogP contribution >= 0.6 is 0 Å². The molecule has 0 saturated carbocycles. The second-order valence-electron chi connectivity index (χ2n) is 3.92. The summed E-state index contributed by atoms with van der Waals surface area (Å²) in [6, 6.07) is 6.47. The minimum Gasteiger partial charge on any atom is -0.484 e. The van der Waals surface area contributed by atoms with Gasteiger partial charge in [0, 0.05) is 5.69 Å². The van der Waals surface area contributed by atoms with Crippen LogP contribution in [-0.4, -0.2) is 33.1 Å². The summed E-state index contributed by atoms with van der Waals surface area (Å²) in [7, 11) is 0. The first-order chi connectivity index (χ1) is 9.15. The van der Waals surface area contributed by atoms with E-state index in [1.165, 1.54) is 0 Å². The Hall–Kier alpha value is -2.64. The van der Waals surface area contributed by atoms with Crippen molar-refractivity contribution in [1.82, 2.24) is 25.9 Å². The molecule has 4 N–H and O–H groups in total. The number of benzene rings is 1. The van der Waals surface area contributed by atoms with Crippen LogP contribution in [0.25, 0.3) is 0 Å². The number of rotatable bonds is 5. The van der Waals surface area contributed by atoms with E-state index in [4.69, 9.17) is 10.5 Å². The van der Waals surface area contributed by atoms with Crippen LogP contribution in [0.3, 0.4) is 0 Å². The molecule has 100 valence electrons. The maximum atomic E-state index is 11.6. The largest absolute Gasteiger partial charge is 0.484 e. The van der Waals surface area contributed by atoms with Crippen LogP contribution in [0, 0.1) is 0 Å². The molecule has 19 heavy (non-hydrogen) atoms. The topological polar surface area (TPSA) is 119 Å². The Bertz CT molecular complexity index is 525. The van der Waals surface area contributed by atoms with Gasteiger partial charge in [-0.3, -0.25) is 4.79 Å². The van der Waals surface area contributed by atoms with Crippen LogP contribution in [0.15, 0.2) is 24.3 Å². The molecule has 0 aliphatic carbocycles. The number of H-pyrrole nitrogens is 1. The highest BCUT2D eigenvalue weighted by Gasteiger charge is 2.13. The number of carbonyl (C=O) groups excluding carboxylic acids is 1. The maximum Gasteiger partial charge on any atom is 0.258 e. The lowest BCUT2D eigenvalue weighted by Crippen LogP contribution is -2.31. The second-order valence-corrected chi connectivity index (χ2v) is 3.92. The third-order valence-electron chi connectivity index (χ3n) is 2.38. The van der Waals surface area contributed by atoms with Crippen molar-refractivity contribution < 1.29 is 9.53 Å². The summed E-state index contributed by atoms with van der Waals surface area (Å²) in [6.07, 6.45) is 0. The molecule has 1 amide bonds. The van der Waals surface area contributed by atoms with E-state index < -0.39 is 0 Å². The Morgan fingerprint density at radius 2 is 2.21 bits per heavy atom. The molecular weight excluding hydrogens is 248 g/mol. The summed E-state index contributed by atoms with van der Waals surface area (Å²) in [5, 5.41) is 16.0. The van der Waals surface area contributed by atoms with E-state index >= 15 is 0 Å². The minimum atomic E-state index is -0.332. The first-order valence-corrected chi connectivity index (χ1v) is 5.66. The van der Waals surface area contributed by atoms with Crippen LogP contribution in [0.1, 0.15) is 18.8 Å². The standard InChI is InChI=1S/C11H14N6O2/c1-7(11-14-16-17-15-11)13-10(18)6-19-9-4-2-8(12)3-5-9/h2-5,7H,6,12H2,1H3,(H,13,18)(H,14,15,16,17). The zero-order chi connectivity index (χ0) is 13.7. The molecule has 1 aromatic heterocycles. The third-order valence-corrected chi connectivity index (χ3v) is 2.38. The summed E-state index contributed by atoms with van der Waals surface area (Å²) in [5.41, 5.74) is 6.19. The van der Waals surface area contributed by atoms with E-state index in [1.54, 1.807) is 31.2 Å². The fraction of sp³-hybridized carbons (Fsp3) is 0.273. The number of nitrogens with one attached hydrogen (secondary N) is 2. The number of ether oxygens (including phenoxy) is 1. The average Bonchev–Trinajstić information content (AvgIpc) is 2.92. The number of aromatic nitrogens is 4. The molecule has 1 atom stereocenters. The average molecular weight is 262 g/mol. The quantitative estimate of drug-likeness (QED) is 0.654. The predicted molar refractivity (Wildman–Crippen MR) is 67.1 cm³/mol. The summed E-state index contributed by atoms with van der Waals surface area (Å²) in [4.78, 5) is 11.6. The van der Waals surface area contributed by atoms with E-state index in [9.17, 15) is 4.79 Å². The van der Waals surface area contributed by atoms with Crippen molar-refractivity contribution in [3.05, 3.63) is 30.1 Å². The molecule has 0 bridgehead atoms. The summed E-state index contributed by atoms with van der Waals surface area (Å²) in [5.74, 6) is 0.728. The van der Waals surface area contributed by atoms with Gasteiger partial charge in [0.15, 0.2) is 12.4 Å². The smallest absolute Gasteiger partial charge is 0.258 e. The molecule has 2 aromatic rings. The van der Waals surface area contributed by atoms with Gasteiger partial charge in [-0.2, -0.15) is 5.21 Å². The highest BCUT2D eigenvalue weighted by molar-refractivity contribution is 5.77. The number of nitrogens with zero attached hydrogens (tertiary/aromatic N) is 3. The molecule has 8 nitrogen and oxygen atoms in total. The molecule has 0 saturated heterocycles. The molecule has 0 aliphatic rings. The van der Waals surface area contributed by atoms with E-state index in [1.807, 2.05) is 0 Å². The van der Waals surface area contributed by atoms with Gasteiger partial charge in [-0.05, 0) is 31.2 Å². The van der Waals surface area contributed by atoms with Crippen LogP contribution < -0.4 is 15.8 Å². The lowest BCUT2D eigenvalue weighted by atomic mass is 10.3. The predicted octanol–water partition coefficient (Wildman–Crippen LogP) is 0.0381. The first-order valence-electron chi connectivity index (χ1n) is 5.66. The third kappa shape index (κ3) is 3.66. The molecule has 1 aromatic carbocycles. The van der Waals surface area contributed by atoms with Gasteiger partial charge in [-0.25, -0.2) is 0 Å². The Labute approximate surface area is 109 Å². The summed E-state index contributed by atoms with van der Waals surface area (Å²) >= 11 is 0. The van der Waals surface area contributed by atoms with Gasteiger partial charge in [0.1, 0.15) is 5.75 Å². The highest BCUT2D eigenvalue weighted by atomic mass is 16.5. The molecule has 0 spiro atoms. The van der Waals surface area contributed by atoms with Gasteiger partial charge in [0.25, 0.3) is 5.91 Å². The molecule has 0 fully saturated rings. The van der Waals surface area contributed by atoms with Gasteiger partial charge in [0.2, 0.25) is 0 Å². The molecule has 2 rings (SSSR count). The summed E-state index contributed by atoms with van der Waals surface area (Å²) in [6.45, 7) is 1.66. The van der Waals surface area contributed by atoms with Crippen LogP contribution in [0.4, 0.5) is 5.69 Å². The normalized spacial score (nSPS) is 11.8. The van der Waals surface area contributed by atoms with E-state index in [0.29, 0.717) is 17.3 Å². The van der Waals surface area contributed by atoms with Crippen molar-refractivity contribution in [1.29, 1.82) is 0 Å². The monoisotopic (exact) mass is 262 g/mol. The van der Waals surface area contributed by atoms with Gasteiger partial charge >= 0.3 is 0 Å². The number of anilines is 1. The minimum absolute atomic E-state index is 0.0912. The van der Waals surface area contributed by atoms with Gasteiger partial charge < -0.3 is 15.8 Å². The zero-order valence-corrected chi connectivity index (χ0v) is 10.3. The highest BCUT2D eigenvalue weighted by Crippen LogP contribution is 2.12. The Morgan fingerprint density at radius 1 is 1.47 bits per heavy atom. The van der Waals surface area contributed by atoms with Crippen LogP contribution in [0.2, 0.25) is 0 Å². The van der Waals surface area contributed by atoms with Crippen molar-refractivity contribution >= 4 is 11.6 Å².